The van der Waals surface area contributed by atoms with Crippen molar-refractivity contribution in [2.45, 2.75) is 38.3 Å². The fourth-order valence-electron chi connectivity index (χ4n) is 2.93. The number of nitrogens with zero attached hydrogens (tertiary/aromatic N) is 3. The maximum atomic E-state index is 11.6. The molecule has 8 heteroatoms. The Balaban J connectivity index is 1.73. The molecule has 0 aromatic carbocycles. The van der Waals surface area contributed by atoms with E-state index >= 15 is 0 Å². The molecule has 1 aliphatic heterocycles. The van der Waals surface area contributed by atoms with Gasteiger partial charge in [-0.3, -0.25) is 4.79 Å². The van der Waals surface area contributed by atoms with Gasteiger partial charge in [0, 0.05) is 0 Å². The van der Waals surface area contributed by atoms with E-state index in [9.17, 15) is 4.79 Å². The van der Waals surface area contributed by atoms with Gasteiger partial charge < -0.3 is 15.2 Å². The third kappa shape index (κ3) is 3.03. The lowest BCUT2D eigenvalue weighted by molar-refractivity contribution is -0.151. The lowest BCUT2D eigenvalue weighted by Crippen LogP contribution is -2.21. The Morgan fingerprint density at radius 1 is 1.57 bits per heavy atom. The third-order valence-corrected chi connectivity index (χ3v) is 4.18. The summed E-state index contributed by atoms with van der Waals surface area (Å²) in [6.07, 6.45) is 2.08. The van der Waals surface area contributed by atoms with Crippen molar-refractivity contribution >= 4 is 25.2 Å². The quantitative estimate of drug-likeness (QED) is 0.661. The largest absolute Gasteiger partial charge is 0.463 e. The number of hydrogen-bond donors (Lipinski definition) is 1. The predicted octanol–water partition coefficient (Wildman–Crippen LogP) is 0.762. The van der Waals surface area contributed by atoms with Crippen molar-refractivity contribution in [3.63, 3.8) is 0 Å². The Hall–Kier alpha value is -2.09. The van der Waals surface area contributed by atoms with Crippen LogP contribution in [0.25, 0.3) is 5.52 Å². The van der Waals surface area contributed by atoms with Crippen LogP contribution in [0.5, 0.6) is 0 Å². The zero-order chi connectivity index (χ0) is 16.6. The second-order valence-corrected chi connectivity index (χ2v) is 6.38. The van der Waals surface area contributed by atoms with E-state index in [1.807, 2.05) is 26.0 Å². The highest BCUT2D eigenvalue weighted by molar-refractivity contribution is 6.12. The highest BCUT2D eigenvalue weighted by Gasteiger charge is 2.35. The fourth-order valence-corrected chi connectivity index (χ4v) is 2.93. The molecule has 0 saturated carbocycles. The minimum absolute atomic E-state index is 0.0950. The van der Waals surface area contributed by atoms with Gasteiger partial charge in [-0.1, -0.05) is 13.8 Å². The molecule has 3 heterocycles. The van der Waals surface area contributed by atoms with Crippen LogP contribution in [-0.4, -0.2) is 41.1 Å². The van der Waals surface area contributed by atoms with Crippen molar-refractivity contribution in [2.24, 2.45) is 5.92 Å². The average molecular weight is 316 g/mol. The summed E-state index contributed by atoms with van der Waals surface area (Å²) >= 11 is 0. The van der Waals surface area contributed by atoms with Crippen LogP contribution in [0.1, 0.15) is 32.1 Å². The number of carbonyl (C=O) groups is 1. The first kappa shape index (κ1) is 15.8. The maximum absolute atomic E-state index is 11.6. The van der Waals surface area contributed by atoms with Gasteiger partial charge in [-0.2, -0.15) is 5.10 Å². The first-order valence-electron chi connectivity index (χ1n) is 7.87. The molecule has 0 amide bonds. The molecule has 0 bridgehead atoms. The van der Waals surface area contributed by atoms with Gasteiger partial charge >= 0.3 is 5.97 Å². The molecule has 1 fully saturated rings. The molecular weight excluding hydrogens is 295 g/mol. The summed E-state index contributed by atoms with van der Waals surface area (Å²) in [5.74, 6) is 0.420. The van der Waals surface area contributed by atoms with E-state index < -0.39 is 0 Å². The van der Waals surface area contributed by atoms with Crippen molar-refractivity contribution in [1.82, 2.24) is 14.6 Å². The van der Waals surface area contributed by atoms with Crippen LogP contribution in [0.3, 0.4) is 0 Å². The van der Waals surface area contributed by atoms with Gasteiger partial charge in [0.2, 0.25) is 0 Å². The molecule has 7 nitrogen and oxygen atoms in total. The van der Waals surface area contributed by atoms with Gasteiger partial charge in [0.25, 0.3) is 0 Å². The summed E-state index contributed by atoms with van der Waals surface area (Å²) in [4.78, 5) is 15.6. The number of esters is 1. The van der Waals surface area contributed by atoms with Crippen molar-refractivity contribution in [2.75, 3.05) is 12.3 Å². The van der Waals surface area contributed by atoms with Crippen molar-refractivity contribution in [3.05, 3.63) is 24.2 Å². The molecular formula is C15H21BN4O3. The van der Waals surface area contributed by atoms with Gasteiger partial charge in [0.1, 0.15) is 26.3 Å². The number of anilines is 1. The number of nitrogen functional groups attached to an aromatic ring is 1. The van der Waals surface area contributed by atoms with Crippen LogP contribution in [-0.2, 0) is 14.3 Å². The summed E-state index contributed by atoms with van der Waals surface area (Å²) in [6.45, 7) is 3.93. The first-order valence-corrected chi connectivity index (χ1v) is 7.87. The number of rotatable bonds is 4. The maximum Gasteiger partial charge on any atom is 0.308 e. The van der Waals surface area contributed by atoms with Crippen LogP contribution in [0.15, 0.2) is 18.5 Å². The number of carbonyl (C=O) groups excluding carboxylic acids is 1. The molecule has 2 N–H and O–H groups in total. The van der Waals surface area contributed by atoms with E-state index in [-0.39, 0.29) is 30.7 Å². The Morgan fingerprint density at radius 2 is 2.35 bits per heavy atom. The highest BCUT2D eigenvalue weighted by Crippen LogP contribution is 2.41. The lowest BCUT2D eigenvalue weighted by atomic mass is 9.79. The van der Waals surface area contributed by atoms with Crippen molar-refractivity contribution in [1.29, 1.82) is 0 Å². The van der Waals surface area contributed by atoms with Gasteiger partial charge in [-0.05, 0) is 24.4 Å². The molecule has 3 atom stereocenters. The number of hydrogen-bond acceptors (Lipinski definition) is 6. The van der Waals surface area contributed by atoms with Crippen LogP contribution in [0.4, 0.5) is 5.82 Å². The molecule has 2 aromatic heterocycles. The molecule has 0 spiro atoms. The number of ether oxygens (including phenoxy) is 2. The van der Waals surface area contributed by atoms with Crippen molar-refractivity contribution in [3.8, 4) is 0 Å². The fraction of sp³-hybridized carbons (Fsp3) is 0.533. The second-order valence-electron chi connectivity index (χ2n) is 6.38. The minimum Gasteiger partial charge on any atom is -0.463 e. The van der Waals surface area contributed by atoms with Gasteiger partial charge in [-0.25, -0.2) is 9.50 Å². The normalized spacial score (nSPS) is 24.4. The van der Waals surface area contributed by atoms with E-state index in [2.05, 4.69) is 17.9 Å². The number of nitrogens with two attached hydrogens (primary N) is 1. The zero-order valence-electron chi connectivity index (χ0n) is 13.6. The van der Waals surface area contributed by atoms with Crippen LogP contribution in [0.2, 0.25) is 5.82 Å². The molecule has 0 aliphatic carbocycles. The standard InChI is InChI=1S/C15H21BN4O3/c1-8(2)15(21)22-6-9-5-10(16)13(23-9)11-3-4-12-14(17)18-7-19-20(11)12/h3-4,7-10,13H,5-6,16H2,1-2H3,(H2,17,18,19). The Morgan fingerprint density at radius 3 is 3.09 bits per heavy atom. The number of aromatic nitrogens is 3. The summed E-state index contributed by atoms with van der Waals surface area (Å²) < 4.78 is 13.2. The Kier molecular flexibility index (Phi) is 4.25. The van der Waals surface area contributed by atoms with E-state index in [1.165, 1.54) is 6.33 Å². The number of fused-ring (bicyclic) bond motifs is 1. The SMILES string of the molecule is BC1CC(COC(=O)C(C)C)OC1c1ccc2c(N)ncnn12. The van der Waals surface area contributed by atoms with Crippen LogP contribution >= 0.6 is 0 Å². The second kappa shape index (κ2) is 6.19. The Bertz CT molecular complexity index is 718. The molecule has 1 saturated heterocycles. The van der Waals surface area contributed by atoms with Crippen LogP contribution in [0, 0.1) is 5.92 Å². The average Bonchev–Trinajstić information content (AvgIpc) is 3.08. The summed E-state index contributed by atoms with van der Waals surface area (Å²) in [6, 6.07) is 3.86. The van der Waals surface area contributed by atoms with Gasteiger partial charge in [0.15, 0.2) is 5.82 Å². The van der Waals surface area contributed by atoms with E-state index in [0.29, 0.717) is 11.6 Å². The van der Waals surface area contributed by atoms with Crippen LogP contribution < -0.4 is 5.73 Å². The summed E-state index contributed by atoms with van der Waals surface area (Å²) in [5.41, 5.74) is 7.58. The topological polar surface area (TPSA) is 91.7 Å². The van der Waals surface area contributed by atoms with Crippen molar-refractivity contribution < 1.29 is 14.3 Å². The molecule has 3 rings (SSSR count). The van der Waals surface area contributed by atoms with E-state index in [1.54, 1.807) is 4.52 Å². The molecule has 0 radical (unpaired) electrons. The first-order chi connectivity index (χ1) is 11.0. The highest BCUT2D eigenvalue weighted by atomic mass is 16.6. The molecule has 3 unspecified atom stereocenters. The molecule has 1 aliphatic rings. The lowest BCUT2D eigenvalue weighted by Gasteiger charge is -2.16. The monoisotopic (exact) mass is 316 g/mol. The van der Waals surface area contributed by atoms with E-state index in [0.717, 1.165) is 17.6 Å². The molecule has 23 heavy (non-hydrogen) atoms. The third-order valence-electron chi connectivity index (χ3n) is 4.18. The predicted molar refractivity (Wildman–Crippen MR) is 87.7 cm³/mol. The smallest absolute Gasteiger partial charge is 0.308 e. The van der Waals surface area contributed by atoms with E-state index in [4.69, 9.17) is 15.2 Å². The summed E-state index contributed by atoms with van der Waals surface area (Å²) in [5, 5.41) is 4.26. The Labute approximate surface area is 135 Å². The molecule has 2 aromatic rings. The minimum atomic E-state index is -0.196. The zero-order valence-corrected chi connectivity index (χ0v) is 13.6. The molecule has 122 valence electrons. The van der Waals surface area contributed by atoms with Gasteiger partial charge in [0.05, 0.1) is 23.8 Å². The van der Waals surface area contributed by atoms with Gasteiger partial charge in [-0.15, -0.1) is 0 Å². The summed E-state index contributed by atoms with van der Waals surface area (Å²) in [7, 11) is 2.12.